The van der Waals surface area contributed by atoms with E-state index in [1.807, 2.05) is 48.5 Å². The molecule has 5 rings (SSSR count). The summed E-state index contributed by atoms with van der Waals surface area (Å²) in [6.07, 6.45) is 0. The molecule has 0 aliphatic heterocycles. The maximum absolute atomic E-state index is 12.2. The predicted octanol–water partition coefficient (Wildman–Crippen LogP) is 3.48. The number of hydrogen-bond acceptors (Lipinski definition) is 7. The second-order valence-electron chi connectivity index (χ2n) is 5.99. The van der Waals surface area contributed by atoms with Gasteiger partial charge in [0.15, 0.2) is 10.8 Å². The van der Waals surface area contributed by atoms with Gasteiger partial charge in [0.2, 0.25) is 5.69 Å². The lowest BCUT2D eigenvalue weighted by Gasteiger charge is -2.06. The quantitative estimate of drug-likeness (QED) is 0.370. The van der Waals surface area contributed by atoms with Gasteiger partial charge < -0.3 is 9.72 Å². The Balaban J connectivity index is 1.69. The Labute approximate surface area is 162 Å². The number of para-hydroxylation sites is 3. The van der Waals surface area contributed by atoms with Crippen molar-refractivity contribution in [2.24, 2.45) is 0 Å². The van der Waals surface area contributed by atoms with E-state index in [1.165, 1.54) is 11.8 Å². The van der Waals surface area contributed by atoms with Crippen LogP contribution in [0, 0.1) is 0 Å². The molecule has 0 fully saturated rings. The molecule has 0 aliphatic rings. The number of hydrogen-bond donors (Lipinski definition) is 1. The maximum Gasteiger partial charge on any atom is 0.362 e. The molecular formula is C19H14N6O2S. The van der Waals surface area contributed by atoms with Gasteiger partial charge in [-0.25, -0.2) is 14.8 Å². The van der Waals surface area contributed by atoms with Crippen LogP contribution in [0.1, 0.15) is 17.4 Å². The minimum atomic E-state index is -0.542. The van der Waals surface area contributed by atoms with Crippen molar-refractivity contribution in [3.63, 3.8) is 0 Å². The average Bonchev–Trinajstić information content (AvgIpc) is 3.32. The van der Waals surface area contributed by atoms with Crippen molar-refractivity contribution in [2.75, 3.05) is 6.61 Å². The minimum absolute atomic E-state index is 0.0964. The van der Waals surface area contributed by atoms with Crippen LogP contribution in [0.3, 0.4) is 0 Å². The number of benzene rings is 2. The summed E-state index contributed by atoms with van der Waals surface area (Å²) in [4.78, 5) is 24.8. The van der Waals surface area contributed by atoms with Crippen molar-refractivity contribution < 1.29 is 9.53 Å². The van der Waals surface area contributed by atoms with Gasteiger partial charge in [0.25, 0.3) is 0 Å². The second-order valence-corrected chi connectivity index (χ2v) is 6.97. The molecule has 9 heteroatoms. The van der Waals surface area contributed by atoms with Crippen LogP contribution in [0.4, 0.5) is 0 Å². The number of carbonyl (C=O) groups excluding carboxylic acids is 1. The number of esters is 1. The third-order valence-electron chi connectivity index (χ3n) is 4.25. The van der Waals surface area contributed by atoms with E-state index in [4.69, 9.17) is 4.74 Å². The number of nitrogens with one attached hydrogen (secondary N) is 1. The molecule has 8 nitrogen and oxygen atoms in total. The van der Waals surface area contributed by atoms with Crippen molar-refractivity contribution in [2.45, 2.75) is 17.1 Å². The first-order valence-corrected chi connectivity index (χ1v) is 9.50. The molecular weight excluding hydrogens is 376 g/mol. The monoisotopic (exact) mass is 390 g/mol. The van der Waals surface area contributed by atoms with Gasteiger partial charge in [-0.2, -0.15) is 4.52 Å². The topological polar surface area (TPSA) is 98.1 Å². The van der Waals surface area contributed by atoms with Gasteiger partial charge in [0, 0.05) is 5.39 Å². The lowest BCUT2D eigenvalue weighted by molar-refractivity contribution is 0.0521. The summed E-state index contributed by atoms with van der Waals surface area (Å²) in [5.41, 5.74) is 3.09. The summed E-state index contributed by atoms with van der Waals surface area (Å²) < 4.78 is 6.64. The number of carbonyl (C=O) groups is 1. The molecule has 0 spiro atoms. The summed E-state index contributed by atoms with van der Waals surface area (Å²) in [5.74, 6) is -0.542. The number of nitrogens with zero attached hydrogens (tertiary/aromatic N) is 5. The lowest BCUT2D eigenvalue weighted by atomic mass is 10.2. The number of aromatic nitrogens is 6. The van der Waals surface area contributed by atoms with E-state index in [2.05, 4.69) is 25.3 Å². The van der Waals surface area contributed by atoms with E-state index in [-0.39, 0.29) is 12.3 Å². The van der Waals surface area contributed by atoms with Gasteiger partial charge in [-0.1, -0.05) is 35.5 Å². The fourth-order valence-corrected chi connectivity index (χ4v) is 3.92. The highest BCUT2D eigenvalue weighted by molar-refractivity contribution is 7.99. The van der Waals surface area contributed by atoms with Crippen LogP contribution in [0.25, 0.3) is 27.6 Å². The van der Waals surface area contributed by atoms with E-state index in [9.17, 15) is 4.79 Å². The first-order valence-electron chi connectivity index (χ1n) is 8.68. The SMILES string of the molecule is CCOC(=O)c1nnn2c1nc(Sc1nc3ccccc3[nH]1)c1ccccc12. The Hall–Kier alpha value is -3.46. The lowest BCUT2D eigenvalue weighted by Crippen LogP contribution is -2.07. The first kappa shape index (κ1) is 16.7. The summed E-state index contributed by atoms with van der Waals surface area (Å²) in [6, 6.07) is 15.5. The summed E-state index contributed by atoms with van der Waals surface area (Å²) in [6.45, 7) is 2.00. The number of rotatable bonds is 4. The first-order chi connectivity index (χ1) is 13.7. The molecule has 0 saturated carbocycles. The fraction of sp³-hybridized carbons (Fsp3) is 0.105. The largest absolute Gasteiger partial charge is 0.461 e. The number of ether oxygens (including phenoxy) is 1. The van der Waals surface area contributed by atoms with Crippen LogP contribution in [0.15, 0.2) is 58.7 Å². The van der Waals surface area contributed by atoms with E-state index in [0.29, 0.717) is 15.8 Å². The molecule has 0 atom stereocenters. The van der Waals surface area contributed by atoms with Crippen LogP contribution in [0.2, 0.25) is 0 Å². The van der Waals surface area contributed by atoms with Gasteiger partial charge in [-0.3, -0.25) is 0 Å². The average molecular weight is 390 g/mol. The van der Waals surface area contributed by atoms with Crippen LogP contribution < -0.4 is 0 Å². The zero-order valence-corrected chi connectivity index (χ0v) is 15.6. The molecule has 0 unspecified atom stereocenters. The van der Waals surface area contributed by atoms with E-state index in [0.717, 1.165) is 21.9 Å². The molecule has 2 aromatic carbocycles. The molecule has 28 heavy (non-hydrogen) atoms. The molecule has 0 aliphatic carbocycles. The highest BCUT2D eigenvalue weighted by Crippen LogP contribution is 2.32. The Morgan fingerprint density at radius 2 is 1.96 bits per heavy atom. The summed E-state index contributed by atoms with van der Waals surface area (Å²) in [7, 11) is 0. The van der Waals surface area contributed by atoms with Crippen LogP contribution in [-0.2, 0) is 4.74 Å². The van der Waals surface area contributed by atoms with Crippen molar-refractivity contribution >= 4 is 45.3 Å². The van der Waals surface area contributed by atoms with Crippen molar-refractivity contribution in [3.05, 3.63) is 54.2 Å². The third-order valence-corrected chi connectivity index (χ3v) is 5.14. The fourth-order valence-electron chi connectivity index (χ4n) is 3.01. The van der Waals surface area contributed by atoms with E-state index >= 15 is 0 Å². The normalized spacial score (nSPS) is 11.5. The molecule has 138 valence electrons. The maximum atomic E-state index is 12.2. The summed E-state index contributed by atoms with van der Waals surface area (Å²) >= 11 is 1.40. The minimum Gasteiger partial charge on any atom is -0.461 e. The highest BCUT2D eigenvalue weighted by atomic mass is 32.2. The molecule has 0 amide bonds. The van der Waals surface area contributed by atoms with Crippen molar-refractivity contribution in [1.29, 1.82) is 0 Å². The second kappa shape index (κ2) is 6.61. The number of H-pyrrole nitrogens is 1. The standard InChI is InChI=1S/C19H14N6O2S/c1-2-27-18(26)15-16-22-17(11-7-3-6-10-14(11)25(16)24-23-15)28-19-20-12-8-4-5-9-13(12)21-19/h3-10H,2H2,1H3,(H,20,21). The van der Waals surface area contributed by atoms with E-state index < -0.39 is 5.97 Å². The molecule has 3 heterocycles. The molecule has 1 N–H and O–H groups in total. The Morgan fingerprint density at radius 3 is 2.82 bits per heavy atom. The van der Waals surface area contributed by atoms with Crippen LogP contribution in [-0.4, -0.2) is 42.4 Å². The third kappa shape index (κ3) is 2.67. The van der Waals surface area contributed by atoms with Gasteiger partial charge in [-0.05, 0) is 36.9 Å². The Bertz CT molecular complexity index is 1310. The van der Waals surface area contributed by atoms with Crippen LogP contribution in [0.5, 0.6) is 0 Å². The molecule has 0 bridgehead atoms. The number of fused-ring (bicyclic) bond motifs is 4. The zero-order valence-electron chi connectivity index (χ0n) is 14.8. The van der Waals surface area contributed by atoms with Crippen molar-refractivity contribution in [3.8, 4) is 0 Å². The molecule has 3 aromatic heterocycles. The zero-order chi connectivity index (χ0) is 19.1. The summed E-state index contributed by atoms with van der Waals surface area (Å²) in [5, 5.41) is 10.4. The van der Waals surface area contributed by atoms with Gasteiger partial charge in [-0.15, -0.1) is 5.10 Å². The van der Waals surface area contributed by atoms with Gasteiger partial charge >= 0.3 is 5.97 Å². The smallest absolute Gasteiger partial charge is 0.362 e. The van der Waals surface area contributed by atoms with Gasteiger partial charge in [0.1, 0.15) is 5.03 Å². The van der Waals surface area contributed by atoms with Crippen molar-refractivity contribution in [1.82, 2.24) is 29.8 Å². The Morgan fingerprint density at radius 1 is 1.14 bits per heavy atom. The van der Waals surface area contributed by atoms with Crippen LogP contribution >= 0.6 is 11.8 Å². The predicted molar refractivity (Wildman–Crippen MR) is 104 cm³/mol. The molecule has 0 radical (unpaired) electrons. The highest BCUT2D eigenvalue weighted by Gasteiger charge is 2.21. The number of aromatic amines is 1. The van der Waals surface area contributed by atoms with Gasteiger partial charge in [0.05, 0.1) is 23.2 Å². The number of imidazole rings is 1. The van der Waals surface area contributed by atoms with E-state index in [1.54, 1.807) is 11.4 Å². The molecule has 0 saturated heterocycles. The molecule has 5 aromatic rings. The Kier molecular flexibility index (Phi) is 3.94.